The third kappa shape index (κ3) is 5.52. The molecule has 0 unspecified atom stereocenters. The summed E-state index contributed by atoms with van der Waals surface area (Å²) >= 11 is 6.84. The highest BCUT2D eigenvalue weighted by molar-refractivity contribution is 7.18. The fourth-order valence-corrected chi connectivity index (χ4v) is 3.75. The highest BCUT2D eigenvalue weighted by atomic mass is 35.5. The van der Waals surface area contributed by atoms with Crippen LogP contribution in [-0.4, -0.2) is 36.7 Å². The van der Waals surface area contributed by atoms with Crippen molar-refractivity contribution in [2.24, 2.45) is 0 Å². The van der Waals surface area contributed by atoms with Crippen LogP contribution in [0.5, 0.6) is 5.75 Å². The topological polar surface area (TPSA) is 90.9 Å². The number of anilines is 1. The number of carbonyl (C=O) groups excluding carboxylic acids is 3. The summed E-state index contributed by atoms with van der Waals surface area (Å²) in [6, 6.07) is 6.60. The van der Waals surface area contributed by atoms with E-state index in [2.05, 4.69) is 5.32 Å². The molecule has 0 aliphatic rings. The second-order valence-electron chi connectivity index (χ2n) is 6.72. The Morgan fingerprint density at radius 2 is 1.60 bits per heavy atom. The Labute approximate surface area is 184 Å². The predicted octanol–water partition coefficient (Wildman–Crippen LogP) is 4.86. The SMILES string of the molecule is CCOC(=O)c1sc(NC(=O)C(C)(C)Oc2ccc(Cl)cc2)c(C(=O)OCC)c1C. The quantitative estimate of drug-likeness (QED) is 0.574. The molecule has 7 nitrogen and oxygen atoms in total. The van der Waals surface area contributed by atoms with Gasteiger partial charge in [0.2, 0.25) is 0 Å². The van der Waals surface area contributed by atoms with Crippen LogP contribution in [0.4, 0.5) is 5.00 Å². The molecule has 1 heterocycles. The van der Waals surface area contributed by atoms with Gasteiger partial charge < -0.3 is 19.5 Å². The number of benzene rings is 1. The number of rotatable bonds is 8. The molecule has 0 aliphatic carbocycles. The molecule has 2 rings (SSSR count). The first-order valence-electron chi connectivity index (χ1n) is 9.34. The van der Waals surface area contributed by atoms with Gasteiger partial charge in [-0.25, -0.2) is 9.59 Å². The summed E-state index contributed by atoms with van der Waals surface area (Å²) in [5, 5.41) is 3.45. The molecule has 30 heavy (non-hydrogen) atoms. The molecular weight excluding hydrogens is 430 g/mol. The van der Waals surface area contributed by atoms with E-state index in [-0.39, 0.29) is 28.7 Å². The van der Waals surface area contributed by atoms with Crippen LogP contribution >= 0.6 is 22.9 Å². The Kier molecular flexibility index (Phi) is 7.86. The van der Waals surface area contributed by atoms with Gasteiger partial charge in [0.25, 0.3) is 5.91 Å². The lowest BCUT2D eigenvalue weighted by Gasteiger charge is -2.25. The van der Waals surface area contributed by atoms with Gasteiger partial charge in [0.15, 0.2) is 5.60 Å². The zero-order valence-electron chi connectivity index (χ0n) is 17.5. The minimum atomic E-state index is -1.28. The largest absolute Gasteiger partial charge is 0.478 e. The molecule has 1 amide bonds. The molecular formula is C21H24ClNO6S. The van der Waals surface area contributed by atoms with Crippen LogP contribution in [0.2, 0.25) is 5.02 Å². The first-order chi connectivity index (χ1) is 14.1. The number of halogens is 1. The van der Waals surface area contributed by atoms with Crippen LogP contribution in [-0.2, 0) is 14.3 Å². The maximum absolute atomic E-state index is 12.9. The smallest absolute Gasteiger partial charge is 0.348 e. The number of amides is 1. The number of carbonyl (C=O) groups is 3. The molecule has 0 fully saturated rings. The van der Waals surface area contributed by atoms with Crippen LogP contribution < -0.4 is 10.1 Å². The fraction of sp³-hybridized carbons (Fsp3) is 0.381. The lowest BCUT2D eigenvalue weighted by atomic mass is 10.1. The van der Waals surface area contributed by atoms with E-state index in [1.807, 2.05) is 0 Å². The Balaban J connectivity index is 2.33. The maximum atomic E-state index is 12.9. The van der Waals surface area contributed by atoms with Crippen molar-refractivity contribution >= 4 is 45.8 Å². The van der Waals surface area contributed by atoms with E-state index in [1.54, 1.807) is 58.9 Å². The number of nitrogens with one attached hydrogen (secondary N) is 1. The number of thiophene rings is 1. The molecule has 0 saturated carbocycles. The summed E-state index contributed by atoms with van der Waals surface area (Å²) in [4.78, 5) is 37.9. The van der Waals surface area contributed by atoms with Crippen molar-refractivity contribution in [1.29, 1.82) is 0 Å². The lowest BCUT2D eigenvalue weighted by Crippen LogP contribution is -2.42. The normalized spacial score (nSPS) is 11.0. The Morgan fingerprint density at radius 1 is 1.03 bits per heavy atom. The van der Waals surface area contributed by atoms with Gasteiger partial charge in [-0.3, -0.25) is 4.79 Å². The Morgan fingerprint density at radius 3 is 2.17 bits per heavy atom. The Bertz CT molecular complexity index is 936. The van der Waals surface area contributed by atoms with Crippen molar-refractivity contribution in [3.8, 4) is 5.75 Å². The molecule has 0 spiro atoms. The molecule has 2 aromatic rings. The van der Waals surface area contributed by atoms with Crippen molar-refractivity contribution in [2.75, 3.05) is 18.5 Å². The highest BCUT2D eigenvalue weighted by Crippen LogP contribution is 2.35. The summed E-state index contributed by atoms with van der Waals surface area (Å²) in [7, 11) is 0. The number of esters is 2. The van der Waals surface area contributed by atoms with Gasteiger partial charge in [0.1, 0.15) is 15.6 Å². The second-order valence-corrected chi connectivity index (χ2v) is 8.18. The standard InChI is InChI=1S/C21H24ClNO6S/c1-6-27-18(24)15-12(3)16(19(25)28-7-2)30-17(15)23-20(26)21(4,5)29-14-10-8-13(22)9-11-14/h8-11H,6-7H2,1-5H3,(H,23,26). The average molecular weight is 454 g/mol. The average Bonchev–Trinajstić information content (AvgIpc) is 3.00. The van der Waals surface area contributed by atoms with Gasteiger partial charge in [-0.1, -0.05) is 11.6 Å². The van der Waals surface area contributed by atoms with Crippen LogP contribution in [0.1, 0.15) is 53.3 Å². The lowest BCUT2D eigenvalue weighted by molar-refractivity contribution is -0.128. The van der Waals surface area contributed by atoms with Gasteiger partial charge in [0, 0.05) is 5.02 Å². The minimum Gasteiger partial charge on any atom is -0.478 e. The van der Waals surface area contributed by atoms with E-state index >= 15 is 0 Å². The summed E-state index contributed by atoms with van der Waals surface area (Å²) in [6.07, 6.45) is 0. The van der Waals surface area contributed by atoms with Crippen molar-refractivity contribution < 1.29 is 28.6 Å². The summed E-state index contributed by atoms with van der Waals surface area (Å²) in [6.45, 7) is 8.50. The van der Waals surface area contributed by atoms with Crippen LogP contribution in [0, 0.1) is 6.92 Å². The van der Waals surface area contributed by atoms with Crippen LogP contribution in [0.3, 0.4) is 0 Å². The predicted molar refractivity (Wildman–Crippen MR) is 116 cm³/mol. The summed E-state index contributed by atoms with van der Waals surface area (Å²) in [5.41, 5.74) is -0.758. The minimum absolute atomic E-state index is 0.126. The van der Waals surface area contributed by atoms with Crippen LogP contribution in [0.15, 0.2) is 24.3 Å². The molecule has 1 aromatic carbocycles. The molecule has 1 N–H and O–H groups in total. The maximum Gasteiger partial charge on any atom is 0.348 e. The number of ether oxygens (including phenoxy) is 3. The van der Waals surface area contributed by atoms with Crippen molar-refractivity contribution in [3.63, 3.8) is 0 Å². The summed E-state index contributed by atoms with van der Waals surface area (Å²) < 4.78 is 15.9. The van der Waals surface area contributed by atoms with E-state index in [0.717, 1.165) is 11.3 Å². The monoisotopic (exact) mass is 453 g/mol. The molecule has 0 saturated heterocycles. The van der Waals surface area contributed by atoms with Gasteiger partial charge in [-0.05, 0) is 64.4 Å². The van der Waals surface area contributed by atoms with Crippen molar-refractivity contribution in [2.45, 2.75) is 40.2 Å². The molecule has 0 atom stereocenters. The van der Waals surface area contributed by atoms with Gasteiger partial charge in [-0.2, -0.15) is 0 Å². The second kappa shape index (κ2) is 9.95. The molecule has 0 aliphatic heterocycles. The first-order valence-corrected chi connectivity index (χ1v) is 10.5. The molecule has 1 aromatic heterocycles. The zero-order chi connectivity index (χ0) is 22.5. The van der Waals surface area contributed by atoms with E-state index in [9.17, 15) is 14.4 Å². The highest BCUT2D eigenvalue weighted by Gasteiger charge is 2.33. The van der Waals surface area contributed by atoms with E-state index in [0.29, 0.717) is 16.3 Å². The van der Waals surface area contributed by atoms with E-state index < -0.39 is 23.4 Å². The van der Waals surface area contributed by atoms with E-state index in [4.69, 9.17) is 25.8 Å². The van der Waals surface area contributed by atoms with Gasteiger partial charge >= 0.3 is 11.9 Å². The molecule has 0 bridgehead atoms. The Hall–Kier alpha value is -2.58. The molecule has 162 valence electrons. The van der Waals surface area contributed by atoms with Crippen molar-refractivity contribution in [1.82, 2.24) is 0 Å². The van der Waals surface area contributed by atoms with Gasteiger partial charge in [-0.15, -0.1) is 11.3 Å². The molecule has 9 heteroatoms. The van der Waals surface area contributed by atoms with Crippen molar-refractivity contribution in [3.05, 3.63) is 45.3 Å². The molecule has 0 radical (unpaired) electrons. The third-order valence-corrected chi connectivity index (χ3v) is 5.49. The fourth-order valence-electron chi connectivity index (χ4n) is 2.54. The van der Waals surface area contributed by atoms with Gasteiger partial charge in [0.05, 0.1) is 18.8 Å². The summed E-state index contributed by atoms with van der Waals surface area (Å²) in [5.74, 6) is -1.24. The number of hydrogen-bond donors (Lipinski definition) is 1. The zero-order valence-corrected chi connectivity index (χ0v) is 19.0. The van der Waals surface area contributed by atoms with E-state index in [1.165, 1.54) is 0 Å². The third-order valence-electron chi connectivity index (χ3n) is 4.05. The van der Waals surface area contributed by atoms with Crippen LogP contribution in [0.25, 0.3) is 0 Å². The number of hydrogen-bond acceptors (Lipinski definition) is 7. The first kappa shape index (κ1) is 23.7.